The highest BCUT2D eigenvalue weighted by molar-refractivity contribution is 5.98. The Bertz CT molecular complexity index is 1370. The molecule has 2 aromatic heterocycles. The molecule has 180 valence electrons. The van der Waals surface area contributed by atoms with Gasteiger partial charge in [-0.2, -0.15) is 14.6 Å². The maximum atomic E-state index is 13.3. The summed E-state index contributed by atoms with van der Waals surface area (Å²) in [5.41, 5.74) is 12.8. The normalized spacial score (nSPS) is 11.3. The van der Waals surface area contributed by atoms with Crippen molar-refractivity contribution in [2.24, 2.45) is 11.5 Å². The molecule has 1 atom stereocenters. The molecule has 0 saturated heterocycles. The molecule has 10 nitrogen and oxygen atoms in total. The van der Waals surface area contributed by atoms with Crippen molar-refractivity contribution in [1.82, 2.24) is 24.9 Å². The van der Waals surface area contributed by atoms with Crippen LogP contribution in [0.5, 0.6) is 0 Å². The topological polar surface area (TPSA) is 158 Å². The number of nitrogens with zero attached hydrogens (tertiary/aromatic N) is 4. The van der Waals surface area contributed by atoms with Gasteiger partial charge in [0.15, 0.2) is 5.78 Å². The van der Waals surface area contributed by atoms with Crippen molar-refractivity contribution in [3.63, 3.8) is 0 Å². The zero-order valence-electron chi connectivity index (χ0n) is 19.1. The van der Waals surface area contributed by atoms with Gasteiger partial charge in [0.2, 0.25) is 5.91 Å². The lowest BCUT2D eigenvalue weighted by atomic mass is 10.1. The number of fused-ring (bicyclic) bond motifs is 1. The van der Waals surface area contributed by atoms with Crippen molar-refractivity contribution in [2.45, 2.75) is 26.4 Å². The quantitative estimate of drug-likeness (QED) is 0.358. The van der Waals surface area contributed by atoms with E-state index in [0.717, 1.165) is 11.1 Å². The molecule has 0 aliphatic heterocycles. The van der Waals surface area contributed by atoms with E-state index in [2.05, 4.69) is 20.4 Å². The molecule has 0 spiro atoms. The largest absolute Gasteiger partial charge is 0.368 e. The average Bonchev–Trinajstić information content (AvgIpc) is 3.33. The Morgan fingerprint density at radius 2 is 1.83 bits per heavy atom. The second kappa shape index (κ2) is 11.1. The molecule has 0 saturated carbocycles. The summed E-state index contributed by atoms with van der Waals surface area (Å²) < 4.78 is 14.5. The monoisotopic (exact) mass is 477 g/mol. The number of carbonyl (C=O) groups excluding carboxylic acids is 3. The maximum absolute atomic E-state index is 13.3. The predicted octanol–water partition coefficient (Wildman–Crippen LogP) is 1.88. The number of aromatic nitrogens is 4. The molecule has 2 amide bonds. The van der Waals surface area contributed by atoms with Gasteiger partial charge in [0.25, 0.3) is 11.7 Å². The SMILES string of the molecule is CC(=O)c1cc(C(=O)NCc2ccc(F)c(C)c2)nc2ncnn12.NC(=O)[C@H](N)c1ccccc1. The summed E-state index contributed by atoms with van der Waals surface area (Å²) in [6, 6.07) is 14.3. The number of carbonyl (C=O) groups is 3. The van der Waals surface area contributed by atoms with E-state index in [0.29, 0.717) is 5.56 Å². The highest BCUT2D eigenvalue weighted by Gasteiger charge is 2.16. The van der Waals surface area contributed by atoms with E-state index in [9.17, 15) is 18.8 Å². The molecule has 0 unspecified atom stereocenters. The van der Waals surface area contributed by atoms with Gasteiger partial charge in [-0.25, -0.2) is 9.37 Å². The highest BCUT2D eigenvalue weighted by Crippen LogP contribution is 2.10. The van der Waals surface area contributed by atoms with E-state index in [1.54, 1.807) is 31.2 Å². The number of nitrogens with one attached hydrogen (secondary N) is 1. The van der Waals surface area contributed by atoms with E-state index < -0.39 is 17.9 Å². The van der Waals surface area contributed by atoms with Crippen LogP contribution in [0.25, 0.3) is 5.78 Å². The van der Waals surface area contributed by atoms with Gasteiger partial charge in [0.1, 0.15) is 29.6 Å². The van der Waals surface area contributed by atoms with Gasteiger partial charge < -0.3 is 16.8 Å². The molecule has 0 fully saturated rings. The van der Waals surface area contributed by atoms with Crippen molar-refractivity contribution in [3.8, 4) is 0 Å². The first kappa shape index (κ1) is 25.1. The second-order valence-electron chi connectivity index (χ2n) is 7.61. The Hall–Kier alpha value is -4.51. The van der Waals surface area contributed by atoms with E-state index in [4.69, 9.17) is 11.5 Å². The van der Waals surface area contributed by atoms with Crippen LogP contribution < -0.4 is 16.8 Å². The van der Waals surface area contributed by atoms with Crippen LogP contribution in [0, 0.1) is 12.7 Å². The Kier molecular flexibility index (Phi) is 7.95. The molecular weight excluding hydrogens is 453 g/mol. The van der Waals surface area contributed by atoms with Crippen LogP contribution in [0.4, 0.5) is 4.39 Å². The molecule has 0 aliphatic carbocycles. The summed E-state index contributed by atoms with van der Waals surface area (Å²) in [5.74, 6) is -1.34. The van der Waals surface area contributed by atoms with Gasteiger partial charge in [-0.05, 0) is 35.7 Å². The lowest BCUT2D eigenvalue weighted by molar-refractivity contribution is -0.119. The standard InChI is InChI=1S/C16H14FN5O2.C8H10N2O/c1-9-5-11(3-4-12(9)17)7-18-15(24)13-6-14(10(2)23)22-16(21-13)19-8-20-22;9-7(8(10)11)6-4-2-1-3-5-6/h3-6,8H,7H2,1-2H3,(H,18,24);1-5,7H,9H2,(H2,10,11)/t;7-/m.1/s1. The Balaban J connectivity index is 0.000000261. The number of hydrogen-bond donors (Lipinski definition) is 3. The number of amides is 2. The van der Waals surface area contributed by atoms with Gasteiger partial charge in [-0.3, -0.25) is 14.4 Å². The highest BCUT2D eigenvalue weighted by atomic mass is 19.1. The molecule has 0 bridgehead atoms. The number of rotatable bonds is 6. The maximum Gasteiger partial charge on any atom is 0.270 e. The fourth-order valence-corrected chi connectivity index (χ4v) is 3.09. The van der Waals surface area contributed by atoms with Gasteiger partial charge in [-0.1, -0.05) is 42.5 Å². The summed E-state index contributed by atoms with van der Waals surface area (Å²) in [7, 11) is 0. The van der Waals surface area contributed by atoms with Crippen molar-refractivity contribution < 1.29 is 18.8 Å². The molecule has 5 N–H and O–H groups in total. The van der Waals surface area contributed by atoms with E-state index in [1.165, 1.54) is 29.9 Å². The van der Waals surface area contributed by atoms with E-state index in [-0.39, 0.29) is 35.3 Å². The Labute approximate surface area is 200 Å². The number of primary amides is 1. The van der Waals surface area contributed by atoms with Crippen LogP contribution in [0.3, 0.4) is 0 Å². The molecule has 0 radical (unpaired) electrons. The molecule has 2 aromatic carbocycles. The van der Waals surface area contributed by atoms with Crippen LogP contribution >= 0.6 is 0 Å². The fraction of sp³-hybridized carbons (Fsp3) is 0.167. The zero-order chi connectivity index (χ0) is 25.5. The lowest BCUT2D eigenvalue weighted by Crippen LogP contribution is -2.27. The van der Waals surface area contributed by atoms with Crippen LogP contribution in [-0.4, -0.2) is 37.2 Å². The number of hydrogen-bond acceptors (Lipinski definition) is 7. The van der Waals surface area contributed by atoms with Crippen molar-refractivity contribution in [1.29, 1.82) is 0 Å². The zero-order valence-corrected chi connectivity index (χ0v) is 19.1. The van der Waals surface area contributed by atoms with Gasteiger partial charge >= 0.3 is 0 Å². The van der Waals surface area contributed by atoms with Gasteiger partial charge in [0.05, 0.1) is 0 Å². The Morgan fingerprint density at radius 3 is 2.46 bits per heavy atom. The van der Waals surface area contributed by atoms with Gasteiger partial charge in [-0.15, -0.1) is 0 Å². The molecule has 11 heteroatoms. The molecular formula is C24H24FN7O3. The van der Waals surface area contributed by atoms with Crippen molar-refractivity contribution >= 4 is 23.4 Å². The third-order valence-corrected chi connectivity index (χ3v) is 4.99. The third kappa shape index (κ3) is 6.30. The Morgan fingerprint density at radius 1 is 1.11 bits per heavy atom. The third-order valence-electron chi connectivity index (χ3n) is 4.99. The first-order valence-electron chi connectivity index (χ1n) is 10.5. The van der Waals surface area contributed by atoms with E-state index in [1.807, 2.05) is 18.2 Å². The molecule has 0 aliphatic rings. The van der Waals surface area contributed by atoms with Crippen molar-refractivity contribution in [2.75, 3.05) is 0 Å². The van der Waals surface area contributed by atoms with Crippen LogP contribution in [0.1, 0.15) is 50.6 Å². The number of halogens is 1. The summed E-state index contributed by atoms with van der Waals surface area (Å²) in [5, 5.41) is 6.60. The van der Waals surface area contributed by atoms with Crippen LogP contribution in [0.2, 0.25) is 0 Å². The number of Topliss-reactive ketones (excluding diaryl/α,β-unsaturated/α-hetero) is 1. The number of ketones is 1. The summed E-state index contributed by atoms with van der Waals surface area (Å²) in [6.45, 7) is 3.24. The van der Waals surface area contributed by atoms with Crippen LogP contribution in [-0.2, 0) is 11.3 Å². The minimum Gasteiger partial charge on any atom is -0.368 e. The van der Waals surface area contributed by atoms with Gasteiger partial charge in [0, 0.05) is 13.5 Å². The second-order valence-corrected chi connectivity index (χ2v) is 7.61. The smallest absolute Gasteiger partial charge is 0.270 e. The number of benzene rings is 2. The summed E-state index contributed by atoms with van der Waals surface area (Å²) in [4.78, 5) is 42.6. The lowest BCUT2D eigenvalue weighted by Gasteiger charge is -2.07. The average molecular weight is 478 g/mol. The number of nitrogens with two attached hydrogens (primary N) is 2. The van der Waals surface area contributed by atoms with Crippen LogP contribution in [0.15, 0.2) is 60.9 Å². The first-order valence-corrected chi connectivity index (χ1v) is 10.5. The summed E-state index contributed by atoms with van der Waals surface area (Å²) in [6.07, 6.45) is 1.26. The minimum absolute atomic E-state index is 0.0690. The number of aryl methyl sites for hydroxylation is 1. The van der Waals surface area contributed by atoms with E-state index >= 15 is 0 Å². The molecule has 4 aromatic rings. The molecule has 35 heavy (non-hydrogen) atoms. The predicted molar refractivity (Wildman–Crippen MR) is 126 cm³/mol. The minimum atomic E-state index is -0.684. The first-order chi connectivity index (χ1) is 16.7. The molecule has 2 heterocycles. The summed E-state index contributed by atoms with van der Waals surface area (Å²) >= 11 is 0. The fourth-order valence-electron chi connectivity index (χ4n) is 3.09. The van der Waals surface area contributed by atoms with Crippen molar-refractivity contribution in [3.05, 3.63) is 94.8 Å². The molecule has 4 rings (SSSR count).